The normalized spacial score (nSPS) is 16.9. The maximum absolute atomic E-state index is 12.1. The van der Waals surface area contributed by atoms with E-state index in [1.165, 1.54) is 0 Å². The summed E-state index contributed by atoms with van der Waals surface area (Å²) in [4.78, 5) is 12.1. The summed E-state index contributed by atoms with van der Waals surface area (Å²) >= 11 is 0. The van der Waals surface area contributed by atoms with Crippen molar-refractivity contribution in [2.75, 3.05) is 13.7 Å². The number of hydrogen-bond donors (Lipinski definition) is 2. The van der Waals surface area contributed by atoms with Crippen LogP contribution in [0.15, 0.2) is 18.2 Å². The topological polar surface area (TPSA) is 64.3 Å². The Balaban J connectivity index is 1.85. The minimum absolute atomic E-state index is 0.00548. The molecule has 0 heterocycles. The average Bonchev–Trinajstić information content (AvgIpc) is 2.89. The number of methoxy groups -OCH3 is 1. The van der Waals surface area contributed by atoms with Gasteiger partial charge in [-0.3, -0.25) is 4.79 Å². The van der Waals surface area contributed by atoms with Gasteiger partial charge in [0.05, 0.1) is 12.6 Å². The minimum Gasteiger partial charge on any atom is -0.496 e. The zero-order chi connectivity index (χ0) is 14.6. The molecule has 0 saturated heterocycles. The standard InChI is InChI=1S/C16H24N2O2/c1-12-5-6-13(11-14(12)20-2)7-10-18-15(19)16(17)8-3-4-9-16/h5-6,11H,3-4,7-10,17H2,1-2H3,(H,18,19). The summed E-state index contributed by atoms with van der Waals surface area (Å²) in [6.45, 7) is 2.63. The summed E-state index contributed by atoms with van der Waals surface area (Å²) in [7, 11) is 1.67. The summed E-state index contributed by atoms with van der Waals surface area (Å²) in [6, 6.07) is 6.13. The molecule has 110 valence electrons. The molecule has 0 aliphatic heterocycles. The van der Waals surface area contributed by atoms with Gasteiger partial charge in [0, 0.05) is 6.54 Å². The van der Waals surface area contributed by atoms with Crippen LogP contribution in [0.5, 0.6) is 5.75 Å². The molecular weight excluding hydrogens is 252 g/mol. The molecule has 2 rings (SSSR count). The van der Waals surface area contributed by atoms with Crippen LogP contribution in [0.1, 0.15) is 36.8 Å². The summed E-state index contributed by atoms with van der Waals surface area (Å²) in [5.74, 6) is 0.883. The molecule has 0 spiro atoms. The molecule has 1 aromatic carbocycles. The van der Waals surface area contributed by atoms with Crippen LogP contribution in [0.4, 0.5) is 0 Å². The quantitative estimate of drug-likeness (QED) is 0.863. The lowest BCUT2D eigenvalue weighted by atomic mass is 9.98. The molecule has 0 aromatic heterocycles. The third-order valence-electron chi connectivity index (χ3n) is 4.12. The fraction of sp³-hybridized carbons (Fsp3) is 0.562. The van der Waals surface area contributed by atoms with Crippen LogP contribution in [0.3, 0.4) is 0 Å². The van der Waals surface area contributed by atoms with E-state index >= 15 is 0 Å². The highest BCUT2D eigenvalue weighted by atomic mass is 16.5. The van der Waals surface area contributed by atoms with Gasteiger partial charge in [-0.1, -0.05) is 25.0 Å². The molecule has 1 aliphatic carbocycles. The fourth-order valence-corrected chi connectivity index (χ4v) is 2.75. The average molecular weight is 276 g/mol. The van der Waals surface area contributed by atoms with Crippen LogP contribution < -0.4 is 15.8 Å². The lowest BCUT2D eigenvalue weighted by molar-refractivity contribution is -0.126. The van der Waals surface area contributed by atoms with E-state index < -0.39 is 5.54 Å². The molecule has 4 nitrogen and oxygen atoms in total. The first-order chi connectivity index (χ1) is 9.55. The van der Waals surface area contributed by atoms with Gasteiger partial charge in [0.1, 0.15) is 5.75 Å². The SMILES string of the molecule is COc1cc(CCNC(=O)C2(N)CCCC2)ccc1C. The Morgan fingerprint density at radius 2 is 2.10 bits per heavy atom. The summed E-state index contributed by atoms with van der Waals surface area (Å²) < 4.78 is 5.30. The van der Waals surface area contributed by atoms with Gasteiger partial charge in [-0.2, -0.15) is 0 Å². The number of nitrogens with two attached hydrogens (primary N) is 1. The molecule has 4 heteroatoms. The second-order valence-electron chi connectivity index (χ2n) is 5.67. The summed E-state index contributed by atoms with van der Waals surface area (Å²) in [5, 5.41) is 2.96. The molecular formula is C16H24N2O2. The number of amides is 1. The predicted molar refractivity (Wildman–Crippen MR) is 79.8 cm³/mol. The highest BCUT2D eigenvalue weighted by Crippen LogP contribution is 2.27. The van der Waals surface area contributed by atoms with E-state index in [2.05, 4.69) is 11.4 Å². The van der Waals surface area contributed by atoms with E-state index in [-0.39, 0.29) is 5.91 Å². The number of nitrogens with one attached hydrogen (secondary N) is 1. The van der Waals surface area contributed by atoms with Gasteiger partial charge in [0.25, 0.3) is 0 Å². The first-order valence-corrected chi connectivity index (χ1v) is 7.26. The minimum atomic E-state index is -0.634. The van der Waals surface area contributed by atoms with Crippen molar-refractivity contribution in [2.45, 2.75) is 44.6 Å². The first kappa shape index (κ1) is 14.9. The molecule has 1 saturated carbocycles. The van der Waals surface area contributed by atoms with Crippen molar-refractivity contribution in [1.82, 2.24) is 5.32 Å². The maximum atomic E-state index is 12.1. The highest BCUT2D eigenvalue weighted by Gasteiger charge is 2.36. The fourth-order valence-electron chi connectivity index (χ4n) is 2.75. The van der Waals surface area contributed by atoms with Gasteiger partial charge in [0.15, 0.2) is 0 Å². The predicted octanol–water partition coefficient (Wildman–Crippen LogP) is 1.93. The van der Waals surface area contributed by atoms with Crippen LogP contribution >= 0.6 is 0 Å². The van der Waals surface area contributed by atoms with E-state index in [0.29, 0.717) is 6.54 Å². The van der Waals surface area contributed by atoms with E-state index in [9.17, 15) is 4.79 Å². The molecule has 0 atom stereocenters. The molecule has 3 N–H and O–H groups in total. The van der Waals surface area contributed by atoms with E-state index in [4.69, 9.17) is 10.5 Å². The third-order valence-corrected chi connectivity index (χ3v) is 4.12. The Labute approximate surface area is 120 Å². The van der Waals surface area contributed by atoms with Crippen molar-refractivity contribution in [1.29, 1.82) is 0 Å². The van der Waals surface area contributed by atoms with Gasteiger partial charge in [-0.25, -0.2) is 0 Å². The van der Waals surface area contributed by atoms with Crippen molar-refractivity contribution in [3.63, 3.8) is 0 Å². The Hall–Kier alpha value is -1.55. The van der Waals surface area contributed by atoms with Crippen molar-refractivity contribution in [3.05, 3.63) is 29.3 Å². The first-order valence-electron chi connectivity index (χ1n) is 7.26. The third kappa shape index (κ3) is 3.31. The van der Waals surface area contributed by atoms with Crippen LogP contribution in [0.25, 0.3) is 0 Å². The number of carbonyl (C=O) groups is 1. The number of aryl methyl sites for hydroxylation is 1. The molecule has 1 aliphatic rings. The summed E-state index contributed by atoms with van der Waals surface area (Å²) in [5.41, 5.74) is 7.76. The van der Waals surface area contributed by atoms with Gasteiger partial charge >= 0.3 is 0 Å². The van der Waals surface area contributed by atoms with Gasteiger partial charge in [-0.05, 0) is 43.4 Å². The van der Waals surface area contributed by atoms with Crippen LogP contribution in [0.2, 0.25) is 0 Å². The van der Waals surface area contributed by atoms with E-state index in [1.807, 2.05) is 19.1 Å². The van der Waals surface area contributed by atoms with Crippen molar-refractivity contribution < 1.29 is 9.53 Å². The number of rotatable bonds is 5. The zero-order valence-electron chi connectivity index (χ0n) is 12.4. The Bertz CT molecular complexity index is 479. The molecule has 1 fully saturated rings. The van der Waals surface area contributed by atoms with Crippen LogP contribution in [-0.4, -0.2) is 25.1 Å². The summed E-state index contributed by atoms with van der Waals surface area (Å²) in [6.07, 6.45) is 4.50. The van der Waals surface area contributed by atoms with Crippen molar-refractivity contribution in [3.8, 4) is 5.75 Å². The number of ether oxygens (including phenoxy) is 1. The second kappa shape index (κ2) is 6.27. The van der Waals surface area contributed by atoms with Crippen molar-refractivity contribution in [2.24, 2.45) is 5.73 Å². The van der Waals surface area contributed by atoms with Crippen LogP contribution in [-0.2, 0) is 11.2 Å². The highest BCUT2D eigenvalue weighted by molar-refractivity contribution is 5.86. The van der Waals surface area contributed by atoms with Gasteiger partial charge in [-0.15, -0.1) is 0 Å². The van der Waals surface area contributed by atoms with Gasteiger partial charge in [0.2, 0.25) is 5.91 Å². The van der Waals surface area contributed by atoms with Crippen molar-refractivity contribution >= 4 is 5.91 Å². The largest absolute Gasteiger partial charge is 0.496 e. The van der Waals surface area contributed by atoms with Gasteiger partial charge < -0.3 is 15.8 Å². The van der Waals surface area contributed by atoms with Crippen LogP contribution in [0, 0.1) is 6.92 Å². The molecule has 0 bridgehead atoms. The molecule has 0 radical (unpaired) electrons. The molecule has 1 aromatic rings. The number of benzene rings is 1. The monoisotopic (exact) mass is 276 g/mol. The zero-order valence-corrected chi connectivity index (χ0v) is 12.4. The van der Waals surface area contributed by atoms with E-state index in [0.717, 1.165) is 49.0 Å². The lowest BCUT2D eigenvalue weighted by Gasteiger charge is -2.22. The smallest absolute Gasteiger partial charge is 0.240 e. The second-order valence-corrected chi connectivity index (χ2v) is 5.67. The maximum Gasteiger partial charge on any atom is 0.240 e. The Morgan fingerprint density at radius 3 is 2.75 bits per heavy atom. The molecule has 0 unspecified atom stereocenters. The number of carbonyl (C=O) groups excluding carboxylic acids is 1. The molecule has 1 amide bonds. The molecule has 20 heavy (non-hydrogen) atoms. The Morgan fingerprint density at radius 1 is 1.40 bits per heavy atom. The lowest BCUT2D eigenvalue weighted by Crippen LogP contribution is -2.52. The number of hydrogen-bond acceptors (Lipinski definition) is 3. The van der Waals surface area contributed by atoms with E-state index in [1.54, 1.807) is 7.11 Å². The Kier molecular flexibility index (Phi) is 4.65.